The van der Waals surface area contributed by atoms with Crippen LogP contribution in [-0.4, -0.2) is 17.7 Å². The predicted octanol–water partition coefficient (Wildman–Crippen LogP) is 7.56. The maximum atomic E-state index is 12.7. The third-order valence-electron chi connectivity index (χ3n) is 6.95. The van der Waals surface area contributed by atoms with Crippen molar-refractivity contribution in [3.63, 3.8) is 0 Å². The van der Waals surface area contributed by atoms with E-state index >= 15 is 0 Å². The van der Waals surface area contributed by atoms with Crippen molar-refractivity contribution in [1.29, 1.82) is 0 Å². The van der Waals surface area contributed by atoms with Gasteiger partial charge in [-0.15, -0.1) is 0 Å². The van der Waals surface area contributed by atoms with E-state index in [9.17, 15) is 4.79 Å². The van der Waals surface area contributed by atoms with Crippen LogP contribution in [0, 0.1) is 6.92 Å². The second kappa shape index (κ2) is 10.4. The fraction of sp³-hybridized carbons (Fsp3) is 0.250. The van der Waals surface area contributed by atoms with Gasteiger partial charge in [-0.3, -0.25) is 4.79 Å². The minimum Gasteiger partial charge on any atom is -0.465 e. The molecule has 36 heavy (non-hydrogen) atoms. The van der Waals surface area contributed by atoms with Gasteiger partial charge < -0.3 is 9.26 Å². The Morgan fingerprint density at radius 3 is 2.39 bits per heavy atom. The van der Waals surface area contributed by atoms with E-state index in [-0.39, 0.29) is 5.97 Å². The van der Waals surface area contributed by atoms with E-state index in [0.717, 1.165) is 65.0 Å². The number of benzene rings is 3. The summed E-state index contributed by atoms with van der Waals surface area (Å²) < 4.78 is 11.1. The Labute approximate surface area is 212 Å². The molecule has 4 heteroatoms. The van der Waals surface area contributed by atoms with E-state index in [0.29, 0.717) is 6.61 Å². The van der Waals surface area contributed by atoms with E-state index in [1.807, 2.05) is 32.0 Å². The zero-order chi connectivity index (χ0) is 25.0. The van der Waals surface area contributed by atoms with Crippen molar-refractivity contribution in [2.45, 2.75) is 44.9 Å². The summed E-state index contributed by atoms with van der Waals surface area (Å²) in [6, 6.07) is 27.0. The lowest BCUT2D eigenvalue weighted by Crippen LogP contribution is -2.23. The molecule has 0 bridgehead atoms. The van der Waals surface area contributed by atoms with Crippen molar-refractivity contribution in [3.8, 4) is 22.5 Å². The van der Waals surface area contributed by atoms with Gasteiger partial charge in [0.15, 0.2) is 5.76 Å². The minimum absolute atomic E-state index is 0.116. The highest BCUT2D eigenvalue weighted by Crippen LogP contribution is 2.52. The molecule has 0 atom stereocenters. The molecular formula is C32H31NO3. The van der Waals surface area contributed by atoms with Crippen LogP contribution in [0.5, 0.6) is 0 Å². The van der Waals surface area contributed by atoms with Gasteiger partial charge in [-0.05, 0) is 61.8 Å². The molecule has 0 unspecified atom stereocenters. The van der Waals surface area contributed by atoms with Crippen LogP contribution in [-0.2, 0) is 21.4 Å². The van der Waals surface area contributed by atoms with Crippen molar-refractivity contribution in [2.24, 2.45) is 0 Å². The molecule has 1 aliphatic rings. The number of hydrogen-bond acceptors (Lipinski definition) is 4. The lowest BCUT2D eigenvalue weighted by Gasteiger charge is -2.18. The zero-order valence-corrected chi connectivity index (χ0v) is 20.9. The molecule has 0 aliphatic heterocycles. The maximum Gasteiger partial charge on any atom is 0.316 e. The number of rotatable bonds is 9. The summed E-state index contributed by atoms with van der Waals surface area (Å²) in [5.74, 6) is 0.656. The molecule has 4 nitrogen and oxygen atoms in total. The molecule has 1 heterocycles. The van der Waals surface area contributed by atoms with Crippen LogP contribution in [0.15, 0.2) is 89.5 Å². The Morgan fingerprint density at radius 1 is 0.972 bits per heavy atom. The number of ether oxygens (including phenoxy) is 1. The molecule has 182 valence electrons. The van der Waals surface area contributed by atoms with Crippen LogP contribution in [0.4, 0.5) is 0 Å². The topological polar surface area (TPSA) is 52.3 Å². The van der Waals surface area contributed by atoms with Crippen LogP contribution >= 0.6 is 0 Å². The molecule has 1 aliphatic carbocycles. The summed E-state index contributed by atoms with van der Waals surface area (Å²) in [5, 5.41) is 4.22. The lowest BCUT2D eigenvalue weighted by molar-refractivity contribution is -0.146. The Kier molecular flexibility index (Phi) is 6.86. The standard InChI is InChI=1S/C32H31NO3/c1-3-35-31(34)32(21-22-32)29-16-10-9-15-28(29)25-17-19-26(20-18-25)30-27(23(2)33-36-30)14-8-7-13-24-11-5-4-6-12-24/h4-6,8-12,14-20H,3,7,13,21-22H2,1-2H3. The van der Waals surface area contributed by atoms with Gasteiger partial charge in [-0.2, -0.15) is 0 Å². The SMILES string of the molecule is CCOC(=O)C1(c2ccccc2-c2ccc(-c3onc(C)c3C=CCCc3ccccc3)cc2)CC1. The monoisotopic (exact) mass is 477 g/mol. The van der Waals surface area contributed by atoms with Gasteiger partial charge in [0.2, 0.25) is 0 Å². The minimum atomic E-state index is -0.509. The number of aromatic nitrogens is 1. The largest absolute Gasteiger partial charge is 0.465 e. The summed E-state index contributed by atoms with van der Waals surface area (Å²) in [7, 11) is 0. The van der Waals surface area contributed by atoms with Gasteiger partial charge in [0.1, 0.15) is 0 Å². The first kappa shape index (κ1) is 23.8. The second-order valence-corrected chi connectivity index (χ2v) is 9.36. The molecule has 0 saturated heterocycles. The Balaban J connectivity index is 1.37. The Morgan fingerprint density at radius 2 is 1.67 bits per heavy atom. The van der Waals surface area contributed by atoms with Crippen LogP contribution in [0.25, 0.3) is 28.5 Å². The first-order valence-electron chi connectivity index (χ1n) is 12.7. The molecule has 5 rings (SSSR count). The lowest BCUT2D eigenvalue weighted by atomic mass is 9.88. The van der Waals surface area contributed by atoms with E-state index in [1.165, 1.54) is 5.56 Å². The first-order chi connectivity index (χ1) is 17.6. The summed E-state index contributed by atoms with van der Waals surface area (Å²) in [4.78, 5) is 12.7. The van der Waals surface area contributed by atoms with Crippen molar-refractivity contribution < 1.29 is 14.1 Å². The summed E-state index contributed by atoms with van der Waals surface area (Å²) in [6.45, 7) is 4.23. The number of esters is 1. The van der Waals surface area contributed by atoms with E-state index in [4.69, 9.17) is 9.26 Å². The van der Waals surface area contributed by atoms with Crippen molar-refractivity contribution in [2.75, 3.05) is 6.61 Å². The van der Waals surface area contributed by atoms with E-state index < -0.39 is 5.41 Å². The van der Waals surface area contributed by atoms with Gasteiger partial charge in [0.25, 0.3) is 0 Å². The van der Waals surface area contributed by atoms with Crippen molar-refractivity contribution in [3.05, 3.63) is 107 Å². The number of aryl methyl sites for hydroxylation is 2. The molecule has 1 fully saturated rings. The third-order valence-corrected chi connectivity index (χ3v) is 6.95. The average molecular weight is 478 g/mol. The Bertz CT molecular complexity index is 1360. The molecule has 0 radical (unpaired) electrons. The molecule has 0 N–H and O–H groups in total. The number of allylic oxidation sites excluding steroid dienone is 1. The highest BCUT2D eigenvalue weighted by molar-refractivity contribution is 5.90. The van der Waals surface area contributed by atoms with Crippen LogP contribution in [0.1, 0.15) is 48.6 Å². The highest BCUT2D eigenvalue weighted by Gasteiger charge is 2.53. The van der Waals surface area contributed by atoms with Gasteiger partial charge in [-0.1, -0.05) is 96.2 Å². The number of carbonyl (C=O) groups is 1. The Hall–Kier alpha value is -3.92. The predicted molar refractivity (Wildman–Crippen MR) is 143 cm³/mol. The summed E-state index contributed by atoms with van der Waals surface area (Å²) in [5.41, 5.74) is 6.88. The molecule has 0 amide bonds. The number of hydrogen-bond donors (Lipinski definition) is 0. The van der Waals surface area contributed by atoms with E-state index in [1.54, 1.807) is 0 Å². The van der Waals surface area contributed by atoms with Gasteiger partial charge in [0.05, 0.1) is 17.7 Å². The molecule has 3 aromatic carbocycles. The maximum absolute atomic E-state index is 12.7. The van der Waals surface area contributed by atoms with Crippen LogP contribution in [0.3, 0.4) is 0 Å². The molecule has 4 aromatic rings. The molecule has 1 saturated carbocycles. The molecule has 0 spiro atoms. The van der Waals surface area contributed by atoms with Crippen molar-refractivity contribution in [1.82, 2.24) is 5.16 Å². The number of nitrogens with zero attached hydrogens (tertiary/aromatic N) is 1. The normalized spacial score (nSPS) is 14.2. The van der Waals surface area contributed by atoms with E-state index in [2.05, 4.69) is 78.0 Å². The smallest absolute Gasteiger partial charge is 0.316 e. The van der Waals surface area contributed by atoms with Gasteiger partial charge in [-0.25, -0.2) is 0 Å². The van der Waals surface area contributed by atoms with Gasteiger partial charge >= 0.3 is 5.97 Å². The first-order valence-corrected chi connectivity index (χ1v) is 12.7. The summed E-state index contributed by atoms with van der Waals surface area (Å²) in [6.07, 6.45) is 7.91. The van der Waals surface area contributed by atoms with Crippen LogP contribution < -0.4 is 0 Å². The van der Waals surface area contributed by atoms with Gasteiger partial charge in [0, 0.05) is 11.1 Å². The molecule has 1 aromatic heterocycles. The third kappa shape index (κ3) is 4.76. The zero-order valence-electron chi connectivity index (χ0n) is 20.9. The second-order valence-electron chi connectivity index (χ2n) is 9.36. The average Bonchev–Trinajstić information content (AvgIpc) is 3.65. The fourth-order valence-corrected chi connectivity index (χ4v) is 4.81. The van der Waals surface area contributed by atoms with Crippen molar-refractivity contribution >= 4 is 12.0 Å². The van der Waals surface area contributed by atoms with Crippen LogP contribution in [0.2, 0.25) is 0 Å². The quantitative estimate of drug-likeness (QED) is 0.233. The molecular weight excluding hydrogens is 446 g/mol. The number of carbonyl (C=O) groups excluding carboxylic acids is 1. The summed E-state index contributed by atoms with van der Waals surface area (Å²) >= 11 is 0. The fourth-order valence-electron chi connectivity index (χ4n) is 4.81. The highest BCUT2D eigenvalue weighted by atomic mass is 16.5.